The van der Waals surface area contributed by atoms with Crippen LogP contribution in [-0.4, -0.2) is 24.0 Å². The number of terminal acetylenes is 1. The van der Waals surface area contributed by atoms with Crippen LogP contribution in [0.3, 0.4) is 0 Å². The van der Waals surface area contributed by atoms with E-state index in [-0.39, 0.29) is 0 Å². The molecule has 0 spiro atoms. The summed E-state index contributed by atoms with van der Waals surface area (Å²) in [6.45, 7) is 3.76. The number of halogens is 1. The lowest BCUT2D eigenvalue weighted by atomic mass is 10.3. The van der Waals surface area contributed by atoms with Gasteiger partial charge in [-0.15, -0.1) is 6.42 Å². The summed E-state index contributed by atoms with van der Waals surface area (Å²) in [4.78, 5) is 8.35. The van der Waals surface area contributed by atoms with E-state index in [1.54, 1.807) is 12.3 Å². The van der Waals surface area contributed by atoms with E-state index in [1.807, 2.05) is 13.0 Å². The smallest absolute Gasteiger partial charge is 0.192 e. The van der Waals surface area contributed by atoms with Crippen molar-refractivity contribution in [1.29, 1.82) is 0 Å². The lowest BCUT2D eigenvalue weighted by Crippen LogP contribution is -2.37. The minimum Gasteiger partial charge on any atom is -0.357 e. The molecule has 0 saturated carbocycles. The Hall–Kier alpha value is -1.73. The Labute approximate surface area is 107 Å². The normalized spacial score (nSPS) is 10.8. The van der Waals surface area contributed by atoms with E-state index in [0.29, 0.717) is 24.2 Å². The highest BCUT2D eigenvalue weighted by Crippen LogP contribution is 2.05. The first-order chi connectivity index (χ1) is 8.26. The first kappa shape index (κ1) is 13.3. The van der Waals surface area contributed by atoms with Crippen LogP contribution >= 0.6 is 11.6 Å². The van der Waals surface area contributed by atoms with Gasteiger partial charge in [-0.2, -0.15) is 0 Å². The molecule has 0 aliphatic carbocycles. The lowest BCUT2D eigenvalue weighted by Gasteiger charge is -2.08. The number of aromatic nitrogens is 1. The highest BCUT2D eigenvalue weighted by atomic mass is 35.5. The van der Waals surface area contributed by atoms with Crippen molar-refractivity contribution in [1.82, 2.24) is 15.6 Å². The third-order valence-electron chi connectivity index (χ3n) is 1.91. The van der Waals surface area contributed by atoms with Crippen molar-refractivity contribution < 1.29 is 0 Å². The Balaban J connectivity index is 2.58. The summed E-state index contributed by atoms with van der Waals surface area (Å²) in [6, 6.07) is 3.64. The minimum atomic E-state index is 0.449. The van der Waals surface area contributed by atoms with Crippen molar-refractivity contribution in [3.05, 3.63) is 29.0 Å². The molecule has 90 valence electrons. The quantitative estimate of drug-likeness (QED) is 0.368. The third kappa shape index (κ3) is 5.23. The van der Waals surface area contributed by atoms with Gasteiger partial charge in [0.1, 0.15) is 5.15 Å². The van der Waals surface area contributed by atoms with E-state index >= 15 is 0 Å². The second kappa shape index (κ2) is 7.53. The standard InChI is InChI=1S/C12H15ClN4/c1-3-7-15-12(14-4-2)17-9-10-5-6-11(13)16-8-10/h1,5-6,8H,4,7,9H2,2H3,(H2,14,15,17). The molecule has 0 aliphatic rings. The first-order valence-electron chi connectivity index (χ1n) is 5.32. The molecule has 17 heavy (non-hydrogen) atoms. The number of nitrogens with one attached hydrogen (secondary N) is 2. The molecule has 1 aromatic rings. The van der Waals surface area contributed by atoms with Crippen LogP contribution in [0.2, 0.25) is 5.15 Å². The zero-order chi connectivity index (χ0) is 12.5. The molecule has 0 amide bonds. The lowest BCUT2D eigenvalue weighted by molar-refractivity contribution is 0.864. The van der Waals surface area contributed by atoms with Crippen LogP contribution in [0.15, 0.2) is 23.3 Å². The molecule has 0 atom stereocenters. The molecule has 0 saturated heterocycles. The molecule has 0 aromatic carbocycles. The Morgan fingerprint density at radius 3 is 2.94 bits per heavy atom. The summed E-state index contributed by atoms with van der Waals surface area (Å²) in [6.07, 6.45) is 6.88. The van der Waals surface area contributed by atoms with Crippen LogP contribution in [0, 0.1) is 12.3 Å². The Morgan fingerprint density at radius 1 is 1.53 bits per heavy atom. The fraction of sp³-hybridized carbons (Fsp3) is 0.333. The summed E-state index contributed by atoms with van der Waals surface area (Å²) in [7, 11) is 0. The molecule has 0 bridgehead atoms. The molecule has 4 nitrogen and oxygen atoms in total. The molecule has 0 aliphatic heterocycles. The van der Waals surface area contributed by atoms with Crippen LogP contribution < -0.4 is 10.6 Å². The maximum atomic E-state index is 5.70. The second-order valence-electron chi connectivity index (χ2n) is 3.24. The number of rotatable bonds is 4. The topological polar surface area (TPSA) is 49.3 Å². The van der Waals surface area contributed by atoms with Gasteiger partial charge in [-0.1, -0.05) is 23.6 Å². The first-order valence-corrected chi connectivity index (χ1v) is 5.70. The summed E-state index contributed by atoms with van der Waals surface area (Å²) in [5.41, 5.74) is 0.993. The summed E-state index contributed by atoms with van der Waals surface area (Å²) >= 11 is 5.70. The molecule has 1 rings (SSSR count). The van der Waals surface area contributed by atoms with Gasteiger partial charge in [-0.05, 0) is 18.6 Å². The van der Waals surface area contributed by atoms with Crippen LogP contribution in [0.1, 0.15) is 12.5 Å². The van der Waals surface area contributed by atoms with E-state index in [2.05, 4.69) is 26.5 Å². The average Bonchev–Trinajstić information content (AvgIpc) is 2.35. The minimum absolute atomic E-state index is 0.449. The van der Waals surface area contributed by atoms with Gasteiger partial charge in [0.2, 0.25) is 0 Å². The monoisotopic (exact) mass is 250 g/mol. The van der Waals surface area contributed by atoms with E-state index in [4.69, 9.17) is 18.0 Å². The van der Waals surface area contributed by atoms with E-state index < -0.39 is 0 Å². The molecule has 1 aromatic heterocycles. The van der Waals surface area contributed by atoms with Gasteiger partial charge in [0, 0.05) is 12.7 Å². The zero-order valence-electron chi connectivity index (χ0n) is 9.70. The summed E-state index contributed by atoms with van der Waals surface area (Å²) in [5, 5.41) is 6.59. The second-order valence-corrected chi connectivity index (χ2v) is 3.63. The average molecular weight is 251 g/mol. The van der Waals surface area contributed by atoms with Crippen molar-refractivity contribution in [2.24, 2.45) is 4.99 Å². The Bertz CT molecular complexity index is 406. The highest BCUT2D eigenvalue weighted by molar-refractivity contribution is 6.29. The van der Waals surface area contributed by atoms with Crippen molar-refractivity contribution in [2.45, 2.75) is 13.5 Å². The highest BCUT2D eigenvalue weighted by Gasteiger charge is 1.96. The summed E-state index contributed by atoms with van der Waals surface area (Å²) in [5.74, 6) is 3.20. The molecule has 0 radical (unpaired) electrons. The maximum absolute atomic E-state index is 5.70. The number of nitrogens with zero attached hydrogens (tertiary/aromatic N) is 2. The number of guanidine groups is 1. The van der Waals surface area contributed by atoms with Crippen molar-refractivity contribution in [3.8, 4) is 12.3 Å². The summed E-state index contributed by atoms with van der Waals surface area (Å²) < 4.78 is 0. The molecule has 0 fully saturated rings. The van der Waals surface area contributed by atoms with E-state index in [0.717, 1.165) is 12.1 Å². The maximum Gasteiger partial charge on any atom is 0.192 e. The molecular formula is C12H15ClN4. The number of hydrogen-bond donors (Lipinski definition) is 2. The van der Waals surface area contributed by atoms with Crippen LogP contribution in [0.25, 0.3) is 0 Å². The zero-order valence-corrected chi connectivity index (χ0v) is 10.5. The van der Waals surface area contributed by atoms with Gasteiger partial charge in [0.15, 0.2) is 5.96 Å². The number of pyridine rings is 1. The predicted molar refractivity (Wildman–Crippen MR) is 70.9 cm³/mol. The van der Waals surface area contributed by atoms with Crippen molar-refractivity contribution in [2.75, 3.05) is 13.1 Å². The van der Waals surface area contributed by atoms with Gasteiger partial charge in [0.05, 0.1) is 13.1 Å². The van der Waals surface area contributed by atoms with Gasteiger partial charge >= 0.3 is 0 Å². The Kier molecular flexibility index (Phi) is 5.91. The van der Waals surface area contributed by atoms with E-state index in [9.17, 15) is 0 Å². The van der Waals surface area contributed by atoms with Crippen molar-refractivity contribution in [3.63, 3.8) is 0 Å². The molecule has 0 unspecified atom stereocenters. The van der Waals surface area contributed by atoms with Crippen molar-refractivity contribution >= 4 is 17.6 Å². The largest absolute Gasteiger partial charge is 0.357 e. The van der Waals surface area contributed by atoms with Gasteiger partial charge in [0.25, 0.3) is 0 Å². The fourth-order valence-corrected chi connectivity index (χ4v) is 1.26. The number of hydrogen-bond acceptors (Lipinski definition) is 2. The van der Waals surface area contributed by atoms with Crippen LogP contribution in [0.4, 0.5) is 0 Å². The van der Waals surface area contributed by atoms with Gasteiger partial charge in [-0.3, -0.25) is 0 Å². The molecule has 2 N–H and O–H groups in total. The van der Waals surface area contributed by atoms with Gasteiger partial charge in [-0.25, -0.2) is 9.98 Å². The predicted octanol–water partition coefficient (Wildman–Crippen LogP) is 1.42. The third-order valence-corrected chi connectivity index (χ3v) is 2.13. The van der Waals surface area contributed by atoms with E-state index in [1.165, 1.54) is 0 Å². The van der Waals surface area contributed by atoms with Crippen LogP contribution in [-0.2, 0) is 6.54 Å². The Morgan fingerprint density at radius 2 is 2.35 bits per heavy atom. The SMILES string of the molecule is C#CCNC(=NCc1ccc(Cl)nc1)NCC. The molecule has 1 heterocycles. The number of aliphatic imine (C=N–C) groups is 1. The molecule has 5 heteroatoms. The van der Waals surface area contributed by atoms with Gasteiger partial charge < -0.3 is 10.6 Å². The fourth-order valence-electron chi connectivity index (χ4n) is 1.15. The van der Waals surface area contributed by atoms with Crippen LogP contribution in [0.5, 0.6) is 0 Å². The molecular weight excluding hydrogens is 236 g/mol.